The van der Waals surface area contributed by atoms with Gasteiger partial charge in [-0.1, -0.05) is 6.07 Å². The van der Waals surface area contributed by atoms with Crippen molar-refractivity contribution in [1.82, 2.24) is 25.6 Å². The van der Waals surface area contributed by atoms with E-state index in [1.165, 1.54) is 12.5 Å². The summed E-state index contributed by atoms with van der Waals surface area (Å²) in [4.78, 5) is 58.1. The van der Waals surface area contributed by atoms with Crippen LogP contribution in [0.25, 0.3) is 11.0 Å². The highest BCUT2D eigenvalue weighted by molar-refractivity contribution is 6.10. The zero-order valence-corrected chi connectivity index (χ0v) is 16.0. The summed E-state index contributed by atoms with van der Waals surface area (Å²) in [5.41, 5.74) is 7.00. The Morgan fingerprint density at radius 1 is 1.16 bits per heavy atom. The van der Waals surface area contributed by atoms with Gasteiger partial charge in [0.2, 0.25) is 5.91 Å². The number of benzene rings is 1. The molecule has 0 spiro atoms. The summed E-state index contributed by atoms with van der Waals surface area (Å²) in [5, 5.41) is 7.81. The summed E-state index contributed by atoms with van der Waals surface area (Å²) in [7, 11) is 0. The maximum Gasteiger partial charge on any atom is 0.272 e. The summed E-state index contributed by atoms with van der Waals surface area (Å²) in [6.45, 7) is -0.193. The third-order valence-corrected chi connectivity index (χ3v) is 4.48. The van der Waals surface area contributed by atoms with E-state index in [0.29, 0.717) is 11.4 Å². The van der Waals surface area contributed by atoms with Gasteiger partial charge in [0.05, 0.1) is 23.3 Å². The third kappa shape index (κ3) is 4.12. The molecule has 3 aromatic rings. The number of fused-ring (bicyclic) bond motifs is 2. The first-order valence-electron chi connectivity index (χ1n) is 9.14. The van der Waals surface area contributed by atoms with Crippen molar-refractivity contribution in [3.05, 3.63) is 47.5 Å². The number of hydrogen-bond donors (Lipinski definition) is 5. The monoisotopic (exact) mass is 423 g/mol. The second-order valence-electron chi connectivity index (χ2n) is 6.65. The Hall–Kier alpha value is -4.48. The molecule has 0 saturated heterocycles. The van der Waals surface area contributed by atoms with Crippen molar-refractivity contribution in [2.45, 2.75) is 6.54 Å². The molecule has 6 N–H and O–H groups in total. The van der Waals surface area contributed by atoms with Gasteiger partial charge in [-0.15, -0.1) is 0 Å². The summed E-state index contributed by atoms with van der Waals surface area (Å²) in [6, 6.07) is 5.18. The van der Waals surface area contributed by atoms with E-state index in [2.05, 4.69) is 30.9 Å². The van der Waals surface area contributed by atoms with Crippen LogP contribution >= 0.6 is 0 Å². The Balaban J connectivity index is 1.49. The molecule has 0 saturated carbocycles. The number of aromatic nitrogens is 3. The number of anilines is 1. The summed E-state index contributed by atoms with van der Waals surface area (Å²) in [5.74, 6) is -1.43. The highest BCUT2D eigenvalue weighted by Crippen LogP contribution is 2.28. The average Bonchev–Trinajstić information content (AvgIpc) is 3.19. The Kier molecular flexibility index (Phi) is 5.18. The standard InChI is InChI=1S/C19H17N7O5/c20-13(27)6-23-18(29)10-5-21-16-15(10)24-8-25-17(16)19(30)22-4-9-1-2-12-11(3-9)26-14(28)7-31-12/h1-3,5,8,21H,4,6-7H2,(H2,20,27)(H,22,30)(H,23,29)(H,26,28). The number of H-pyrrole nitrogens is 1. The lowest BCUT2D eigenvalue weighted by atomic mass is 10.1. The molecular weight excluding hydrogens is 406 g/mol. The van der Waals surface area contributed by atoms with Gasteiger partial charge in [-0.2, -0.15) is 0 Å². The van der Waals surface area contributed by atoms with Crippen LogP contribution in [0.5, 0.6) is 5.75 Å². The highest BCUT2D eigenvalue weighted by atomic mass is 16.5. The number of primary amides is 1. The third-order valence-electron chi connectivity index (χ3n) is 4.48. The van der Waals surface area contributed by atoms with Crippen molar-refractivity contribution in [1.29, 1.82) is 0 Å². The maximum absolute atomic E-state index is 12.7. The van der Waals surface area contributed by atoms with Gasteiger partial charge in [-0.25, -0.2) is 9.97 Å². The van der Waals surface area contributed by atoms with Crippen molar-refractivity contribution in [3.8, 4) is 5.75 Å². The predicted octanol–water partition coefficient (Wildman–Crippen LogP) is -0.566. The number of carbonyl (C=O) groups excluding carboxylic acids is 4. The van der Waals surface area contributed by atoms with Crippen molar-refractivity contribution in [2.24, 2.45) is 5.73 Å². The second kappa shape index (κ2) is 8.10. The van der Waals surface area contributed by atoms with Crippen LogP contribution in [0, 0.1) is 0 Å². The van der Waals surface area contributed by atoms with Gasteiger partial charge >= 0.3 is 0 Å². The fourth-order valence-corrected chi connectivity index (χ4v) is 3.05. The van der Waals surface area contributed by atoms with Gasteiger partial charge in [-0.3, -0.25) is 19.2 Å². The van der Waals surface area contributed by atoms with E-state index in [1.54, 1.807) is 18.2 Å². The Bertz CT molecular complexity index is 1220. The van der Waals surface area contributed by atoms with Crippen LogP contribution < -0.4 is 26.4 Å². The highest BCUT2D eigenvalue weighted by Gasteiger charge is 2.20. The molecule has 0 bridgehead atoms. The van der Waals surface area contributed by atoms with Crippen molar-refractivity contribution in [2.75, 3.05) is 18.5 Å². The molecule has 0 aliphatic carbocycles. The number of aromatic amines is 1. The van der Waals surface area contributed by atoms with E-state index < -0.39 is 17.7 Å². The van der Waals surface area contributed by atoms with Gasteiger partial charge in [0.15, 0.2) is 12.3 Å². The Morgan fingerprint density at radius 2 is 2.00 bits per heavy atom. The predicted molar refractivity (Wildman–Crippen MR) is 107 cm³/mol. The number of amides is 4. The van der Waals surface area contributed by atoms with E-state index in [0.717, 1.165) is 5.56 Å². The zero-order valence-electron chi connectivity index (χ0n) is 16.0. The first-order valence-corrected chi connectivity index (χ1v) is 9.14. The van der Waals surface area contributed by atoms with E-state index in [4.69, 9.17) is 10.5 Å². The van der Waals surface area contributed by atoms with Crippen LogP contribution in [0.2, 0.25) is 0 Å². The maximum atomic E-state index is 12.7. The molecule has 3 heterocycles. The summed E-state index contributed by atoms with van der Waals surface area (Å²) >= 11 is 0. The lowest BCUT2D eigenvalue weighted by molar-refractivity contribution is -0.119. The minimum atomic E-state index is -0.684. The molecule has 4 amide bonds. The number of rotatable bonds is 6. The van der Waals surface area contributed by atoms with E-state index >= 15 is 0 Å². The number of nitrogens with two attached hydrogens (primary N) is 1. The Morgan fingerprint density at radius 3 is 2.81 bits per heavy atom. The molecule has 12 heteroatoms. The molecule has 158 valence electrons. The lowest BCUT2D eigenvalue weighted by Gasteiger charge is -2.18. The van der Waals surface area contributed by atoms with Crippen LogP contribution in [0.1, 0.15) is 26.4 Å². The second-order valence-corrected chi connectivity index (χ2v) is 6.65. The normalized spacial score (nSPS) is 12.5. The molecule has 4 rings (SSSR count). The molecule has 0 unspecified atom stereocenters. The van der Waals surface area contributed by atoms with Gasteiger partial charge in [-0.05, 0) is 17.7 Å². The first kappa shape index (κ1) is 19.8. The molecule has 2 aromatic heterocycles. The number of ether oxygens (including phenoxy) is 1. The molecule has 1 aromatic carbocycles. The summed E-state index contributed by atoms with van der Waals surface area (Å²) in [6.07, 6.45) is 2.54. The fraction of sp³-hybridized carbons (Fsp3) is 0.158. The van der Waals surface area contributed by atoms with Crippen molar-refractivity contribution >= 4 is 40.3 Å². The minimum absolute atomic E-state index is 0.0362. The lowest BCUT2D eigenvalue weighted by Crippen LogP contribution is -2.33. The number of hydrogen-bond acceptors (Lipinski definition) is 7. The van der Waals surface area contributed by atoms with Gasteiger partial charge in [0, 0.05) is 12.7 Å². The molecule has 0 atom stereocenters. The first-order chi connectivity index (χ1) is 14.9. The largest absolute Gasteiger partial charge is 0.482 e. The average molecular weight is 423 g/mol. The van der Waals surface area contributed by atoms with Gasteiger partial charge in [0.1, 0.15) is 17.6 Å². The molecule has 1 aliphatic rings. The molecule has 12 nitrogen and oxygen atoms in total. The molecule has 31 heavy (non-hydrogen) atoms. The minimum Gasteiger partial charge on any atom is -0.482 e. The van der Waals surface area contributed by atoms with Gasteiger partial charge in [0.25, 0.3) is 17.7 Å². The quantitative estimate of drug-likeness (QED) is 0.352. The Labute approximate surface area is 174 Å². The van der Waals surface area contributed by atoms with Crippen LogP contribution in [0.3, 0.4) is 0 Å². The fourth-order valence-electron chi connectivity index (χ4n) is 3.05. The van der Waals surface area contributed by atoms with E-state index in [9.17, 15) is 19.2 Å². The smallest absolute Gasteiger partial charge is 0.272 e. The van der Waals surface area contributed by atoms with Crippen molar-refractivity contribution < 1.29 is 23.9 Å². The van der Waals surface area contributed by atoms with Crippen LogP contribution in [-0.2, 0) is 16.1 Å². The molecule has 1 aliphatic heterocycles. The van der Waals surface area contributed by atoms with Crippen LogP contribution in [0.15, 0.2) is 30.7 Å². The van der Waals surface area contributed by atoms with E-state index in [1.807, 2.05) is 0 Å². The number of nitrogens with zero attached hydrogens (tertiary/aromatic N) is 2. The van der Waals surface area contributed by atoms with Crippen LogP contribution in [0.4, 0.5) is 5.69 Å². The van der Waals surface area contributed by atoms with Crippen molar-refractivity contribution in [3.63, 3.8) is 0 Å². The zero-order chi connectivity index (χ0) is 22.0. The molecule has 0 fully saturated rings. The van der Waals surface area contributed by atoms with Gasteiger partial charge < -0.3 is 31.4 Å². The van der Waals surface area contributed by atoms with E-state index in [-0.39, 0.29) is 47.9 Å². The molecule has 0 radical (unpaired) electrons. The number of nitrogens with one attached hydrogen (secondary N) is 4. The molecular formula is C19H17N7O5. The summed E-state index contributed by atoms with van der Waals surface area (Å²) < 4.78 is 5.31. The number of carbonyl (C=O) groups is 4. The topological polar surface area (TPSA) is 181 Å². The SMILES string of the molecule is NC(=O)CNC(=O)c1c[nH]c2c(C(=O)NCc3ccc4c(c3)NC(=O)CO4)ncnc12. The van der Waals surface area contributed by atoms with Crippen LogP contribution in [-0.4, -0.2) is 51.7 Å².